The van der Waals surface area contributed by atoms with Crippen LogP contribution < -0.4 is 5.32 Å². The van der Waals surface area contributed by atoms with E-state index in [2.05, 4.69) is 74.7 Å². The van der Waals surface area contributed by atoms with Crippen LogP contribution in [0.3, 0.4) is 0 Å². The zero-order valence-electron chi connectivity index (χ0n) is 52.9. The number of carbonyl (C=O) groups excluding carboxylic acids is 2. The summed E-state index contributed by atoms with van der Waals surface area (Å²) in [6, 6.07) is -0.852. The molecule has 1 amide bonds. The molecule has 0 aliphatic rings. The van der Waals surface area contributed by atoms with Gasteiger partial charge >= 0.3 is 13.8 Å². The summed E-state index contributed by atoms with van der Waals surface area (Å²) in [5.41, 5.74) is 0. The van der Waals surface area contributed by atoms with Crippen LogP contribution in [0.1, 0.15) is 316 Å². The molecule has 9 nitrogen and oxygen atoms in total. The number of amides is 1. The Hall–Kier alpha value is -2.29. The molecule has 0 rings (SSSR count). The standard InChI is InChI=1S/C69H129N2O7P/c1-7-10-13-16-19-22-25-27-29-31-33-34-35-36-38-40-42-44-47-50-53-56-59-62-69(73)78-67(60-57-54-51-48-45-24-21-18-15-12-9-3)66(65-77-79(74,75)76-64-63-71(4,5)6)70-68(72)61-58-55-52-49-46-43-41-39-37-32-30-28-26-23-20-17-14-11-8-2/h19,22,27,29,33-34,36,38,57,60,66-67H,7-18,20-21,23-26,28,30-32,35,37,39-56,58-59,61-65H2,1-6H3,(H-,70,72,74,75)/p+1/b22-19-,29-27-,34-33-,38-36-,60-57+. The third kappa shape index (κ3) is 60.1. The number of allylic oxidation sites excluding steroid dienone is 9. The van der Waals surface area contributed by atoms with E-state index >= 15 is 0 Å². The van der Waals surface area contributed by atoms with Crippen molar-refractivity contribution in [2.24, 2.45) is 0 Å². The number of nitrogens with zero attached hydrogens (tertiary/aromatic N) is 1. The Bertz CT molecular complexity index is 1540. The van der Waals surface area contributed by atoms with E-state index in [0.717, 1.165) is 89.9 Å². The van der Waals surface area contributed by atoms with Crippen molar-refractivity contribution in [3.05, 3.63) is 60.8 Å². The maximum atomic E-state index is 13.6. The highest BCUT2D eigenvalue weighted by Gasteiger charge is 2.30. The molecule has 0 aliphatic carbocycles. The monoisotopic (exact) mass is 1130 g/mol. The van der Waals surface area contributed by atoms with E-state index in [1.165, 1.54) is 193 Å². The molecule has 3 atom stereocenters. The Labute approximate surface area is 490 Å². The number of quaternary nitrogens is 1. The predicted octanol–water partition coefficient (Wildman–Crippen LogP) is 21.0. The van der Waals surface area contributed by atoms with Gasteiger partial charge in [0.25, 0.3) is 0 Å². The molecule has 10 heteroatoms. The second-order valence-electron chi connectivity index (χ2n) is 24.0. The lowest BCUT2D eigenvalue weighted by Crippen LogP contribution is -2.47. The SMILES string of the molecule is CCCCC/C=C\C/C=C\C/C=C\C/C=C\CCCCCCCCCC(=O)OC(/C=C/CCCCCCCCCCC)C(COP(=O)(O)OCC[N+](C)(C)C)NC(=O)CCCCCCCCCCCCCCCCCCCCC. The third-order valence-corrected chi connectivity index (χ3v) is 15.9. The molecule has 0 aromatic rings. The molecule has 0 aromatic carbocycles. The van der Waals surface area contributed by atoms with E-state index in [9.17, 15) is 19.0 Å². The van der Waals surface area contributed by atoms with Gasteiger partial charge in [-0.1, -0.05) is 287 Å². The second kappa shape index (κ2) is 58.9. The number of esters is 1. The summed E-state index contributed by atoms with van der Waals surface area (Å²) in [6.45, 7) is 7.01. The highest BCUT2D eigenvalue weighted by molar-refractivity contribution is 7.47. The Kier molecular flexibility index (Phi) is 57.2. The molecule has 0 fully saturated rings. The van der Waals surface area contributed by atoms with Crippen molar-refractivity contribution in [1.82, 2.24) is 5.32 Å². The van der Waals surface area contributed by atoms with E-state index in [1.54, 1.807) is 0 Å². The topological polar surface area (TPSA) is 111 Å². The van der Waals surface area contributed by atoms with E-state index < -0.39 is 20.0 Å². The van der Waals surface area contributed by atoms with Crippen molar-refractivity contribution in [2.45, 2.75) is 328 Å². The van der Waals surface area contributed by atoms with Gasteiger partial charge < -0.3 is 19.4 Å². The number of unbranched alkanes of at least 4 members (excludes halogenated alkanes) is 37. The molecule has 79 heavy (non-hydrogen) atoms. The quantitative estimate of drug-likeness (QED) is 0.0205. The number of carbonyl (C=O) groups is 2. The molecule has 2 N–H and O–H groups in total. The summed E-state index contributed by atoms with van der Waals surface area (Å²) in [4.78, 5) is 37.8. The number of likely N-dealkylation sites (N-methyl/N-ethyl adjacent to an activating group) is 1. The molecule has 0 saturated carbocycles. The molecule has 0 spiro atoms. The number of phosphoric ester groups is 1. The van der Waals surface area contributed by atoms with Crippen molar-refractivity contribution in [3.63, 3.8) is 0 Å². The molecule has 0 bridgehead atoms. The summed E-state index contributed by atoms with van der Waals surface area (Å²) in [6.07, 6.45) is 75.1. The van der Waals surface area contributed by atoms with Crippen molar-refractivity contribution < 1.29 is 37.3 Å². The lowest BCUT2D eigenvalue weighted by atomic mass is 10.0. The molecular formula is C69H130N2O7P+. The Morgan fingerprint density at radius 2 is 0.772 bits per heavy atom. The lowest BCUT2D eigenvalue weighted by Gasteiger charge is -2.27. The van der Waals surface area contributed by atoms with Crippen LogP contribution in [0.5, 0.6) is 0 Å². The molecular weight excluding hydrogens is 1000 g/mol. The minimum absolute atomic E-state index is 0.0386. The lowest BCUT2D eigenvalue weighted by molar-refractivity contribution is -0.870. The summed E-state index contributed by atoms with van der Waals surface area (Å²) in [5.74, 6) is -0.506. The fourth-order valence-electron chi connectivity index (χ4n) is 9.75. The van der Waals surface area contributed by atoms with Crippen LogP contribution in [0, 0.1) is 0 Å². The molecule has 3 unspecified atom stereocenters. The van der Waals surface area contributed by atoms with Crippen molar-refractivity contribution in [2.75, 3.05) is 40.9 Å². The van der Waals surface area contributed by atoms with Gasteiger partial charge in [-0.2, -0.15) is 0 Å². The smallest absolute Gasteiger partial charge is 0.456 e. The van der Waals surface area contributed by atoms with Gasteiger partial charge in [-0.25, -0.2) is 4.57 Å². The van der Waals surface area contributed by atoms with E-state index in [-0.39, 0.29) is 31.5 Å². The van der Waals surface area contributed by atoms with E-state index in [1.807, 2.05) is 33.3 Å². The number of ether oxygens (including phenoxy) is 1. The van der Waals surface area contributed by atoms with Gasteiger partial charge in [0.2, 0.25) is 5.91 Å². The maximum Gasteiger partial charge on any atom is 0.472 e. The number of rotatable bonds is 61. The fraction of sp³-hybridized carbons (Fsp3) is 0.826. The average Bonchev–Trinajstić information content (AvgIpc) is 3.41. The first-order valence-electron chi connectivity index (χ1n) is 33.6. The average molecular weight is 1130 g/mol. The summed E-state index contributed by atoms with van der Waals surface area (Å²) >= 11 is 0. The molecule has 0 aliphatic heterocycles. The van der Waals surface area contributed by atoms with Crippen molar-refractivity contribution in [3.8, 4) is 0 Å². The zero-order valence-corrected chi connectivity index (χ0v) is 53.8. The molecule has 0 saturated heterocycles. The first kappa shape index (κ1) is 76.7. The molecule has 462 valence electrons. The van der Waals surface area contributed by atoms with Crippen LogP contribution in [0.4, 0.5) is 0 Å². The van der Waals surface area contributed by atoms with Crippen LogP contribution in [0.25, 0.3) is 0 Å². The first-order chi connectivity index (χ1) is 38.4. The third-order valence-electron chi connectivity index (χ3n) is 15.0. The summed E-state index contributed by atoms with van der Waals surface area (Å²) in [5, 5.41) is 3.06. The summed E-state index contributed by atoms with van der Waals surface area (Å²) in [7, 11) is 1.50. The summed E-state index contributed by atoms with van der Waals surface area (Å²) < 4.78 is 30.8. The minimum Gasteiger partial charge on any atom is -0.456 e. The molecule has 0 heterocycles. The largest absolute Gasteiger partial charge is 0.472 e. The highest BCUT2D eigenvalue weighted by Crippen LogP contribution is 2.43. The van der Waals surface area contributed by atoms with Gasteiger partial charge in [0.1, 0.15) is 19.3 Å². The number of hydrogen-bond acceptors (Lipinski definition) is 6. The van der Waals surface area contributed by atoms with E-state index in [4.69, 9.17) is 13.8 Å². The highest BCUT2D eigenvalue weighted by atomic mass is 31.2. The fourth-order valence-corrected chi connectivity index (χ4v) is 10.5. The zero-order chi connectivity index (χ0) is 57.9. The predicted molar refractivity (Wildman–Crippen MR) is 342 cm³/mol. The van der Waals surface area contributed by atoms with Gasteiger partial charge in [0.15, 0.2) is 0 Å². The maximum absolute atomic E-state index is 13.6. The van der Waals surface area contributed by atoms with Crippen LogP contribution in [0.2, 0.25) is 0 Å². The van der Waals surface area contributed by atoms with Gasteiger partial charge in [-0.05, 0) is 76.7 Å². The van der Waals surface area contributed by atoms with Crippen molar-refractivity contribution >= 4 is 19.7 Å². The van der Waals surface area contributed by atoms with E-state index in [0.29, 0.717) is 17.4 Å². The van der Waals surface area contributed by atoms with Crippen LogP contribution in [0.15, 0.2) is 60.8 Å². The number of phosphoric acid groups is 1. The van der Waals surface area contributed by atoms with Crippen LogP contribution in [-0.2, 0) is 27.9 Å². The van der Waals surface area contributed by atoms with Gasteiger partial charge in [0.05, 0.1) is 33.8 Å². The van der Waals surface area contributed by atoms with Gasteiger partial charge in [-0.3, -0.25) is 18.6 Å². The van der Waals surface area contributed by atoms with Gasteiger partial charge in [0, 0.05) is 12.8 Å². The molecule has 0 aromatic heterocycles. The first-order valence-corrected chi connectivity index (χ1v) is 35.1. The van der Waals surface area contributed by atoms with Crippen LogP contribution >= 0.6 is 7.82 Å². The minimum atomic E-state index is -4.45. The molecule has 0 radical (unpaired) electrons. The Balaban J connectivity index is 5.13. The number of hydrogen-bond donors (Lipinski definition) is 2. The normalized spacial score (nSPS) is 14.0. The van der Waals surface area contributed by atoms with Crippen LogP contribution in [-0.4, -0.2) is 74.3 Å². The number of nitrogens with one attached hydrogen (secondary N) is 1. The Morgan fingerprint density at radius 3 is 1.18 bits per heavy atom. The second-order valence-corrected chi connectivity index (χ2v) is 25.5. The van der Waals surface area contributed by atoms with Gasteiger partial charge in [-0.15, -0.1) is 0 Å². The van der Waals surface area contributed by atoms with Crippen molar-refractivity contribution in [1.29, 1.82) is 0 Å². The Morgan fingerprint density at radius 1 is 0.443 bits per heavy atom.